The van der Waals surface area contributed by atoms with Gasteiger partial charge in [0.1, 0.15) is 5.75 Å². The quantitative estimate of drug-likeness (QED) is 0.746. The minimum atomic E-state index is -0.737. The van der Waals surface area contributed by atoms with Gasteiger partial charge in [0.05, 0.1) is 7.11 Å². The first kappa shape index (κ1) is 19.9. The van der Waals surface area contributed by atoms with E-state index in [-0.39, 0.29) is 18.4 Å². The van der Waals surface area contributed by atoms with Crippen LogP contribution in [0, 0.1) is 5.92 Å². The Morgan fingerprint density at radius 3 is 2.53 bits per heavy atom. The number of aryl methyl sites for hydroxylation is 1. The van der Waals surface area contributed by atoms with E-state index in [1.54, 1.807) is 31.4 Å². The van der Waals surface area contributed by atoms with Gasteiger partial charge in [0.25, 0.3) is 0 Å². The average Bonchev–Trinajstić information content (AvgIpc) is 3.62. The Bertz CT molecular complexity index is 967. The first-order valence-corrected chi connectivity index (χ1v) is 10.2. The van der Waals surface area contributed by atoms with Crippen LogP contribution in [0.15, 0.2) is 42.5 Å². The third-order valence-corrected chi connectivity index (χ3v) is 5.47. The molecular formula is C23H25N3O4. The second-order valence-electron chi connectivity index (χ2n) is 7.70. The van der Waals surface area contributed by atoms with Crippen molar-refractivity contribution in [2.45, 2.75) is 32.2 Å². The van der Waals surface area contributed by atoms with Crippen LogP contribution in [0.5, 0.6) is 5.75 Å². The van der Waals surface area contributed by atoms with Crippen molar-refractivity contribution in [1.29, 1.82) is 0 Å². The molecule has 0 spiro atoms. The molecule has 1 aliphatic heterocycles. The zero-order chi connectivity index (χ0) is 21.1. The van der Waals surface area contributed by atoms with Crippen molar-refractivity contribution in [2.24, 2.45) is 5.92 Å². The van der Waals surface area contributed by atoms with E-state index in [1.807, 2.05) is 23.1 Å². The molecule has 0 unspecified atom stereocenters. The van der Waals surface area contributed by atoms with Crippen LogP contribution in [0.1, 0.15) is 30.4 Å². The molecule has 2 N–H and O–H groups in total. The van der Waals surface area contributed by atoms with Crippen LogP contribution in [0.2, 0.25) is 0 Å². The summed E-state index contributed by atoms with van der Waals surface area (Å²) < 4.78 is 5.10. The second-order valence-corrected chi connectivity index (χ2v) is 7.70. The number of rotatable bonds is 5. The van der Waals surface area contributed by atoms with Crippen molar-refractivity contribution in [1.82, 2.24) is 5.32 Å². The van der Waals surface area contributed by atoms with E-state index < -0.39 is 11.8 Å². The molecule has 3 amide bonds. The highest BCUT2D eigenvalue weighted by Gasteiger charge is 2.35. The van der Waals surface area contributed by atoms with E-state index in [9.17, 15) is 14.4 Å². The maximum absolute atomic E-state index is 12.6. The van der Waals surface area contributed by atoms with Crippen molar-refractivity contribution < 1.29 is 19.1 Å². The Labute approximate surface area is 175 Å². The summed E-state index contributed by atoms with van der Waals surface area (Å²) >= 11 is 0. The highest BCUT2D eigenvalue weighted by atomic mass is 16.5. The van der Waals surface area contributed by atoms with Crippen LogP contribution in [0.3, 0.4) is 0 Å². The van der Waals surface area contributed by atoms with Gasteiger partial charge in [-0.2, -0.15) is 0 Å². The monoisotopic (exact) mass is 407 g/mol. The molecule has 0 bridgehead atoms. The van der Waals surface area contributed by atoms with Gasteiger partial charge in [-0.1, -0.05) is 18.2 Å². The number of carbonyl (C=O) groups is 3. The van der Waals surface area contributed by atoms with E-state index in [0.717, 1.165) is 48.2 Å². The molecular weight excluding hydrogens is 382 g/mol. The topological polar surface area (TPSA) is 87.7 Å². The summed E-state index contributed by atoms with van der Waals surface area (Å²) in [5, 5.41) is 5.25. The number of nitrogens with one attached hydrogen (secondary N) is 2. The van der Waals surface area contributed by atoms with Crippen LogP contribution in [0.4, 0.5) is 11.4 Å². The number of hydrogen-bond donors (Lipinski definition) is 2. The lowest BCUT2D eigenvalue weighted by atomic mass is 10.0. The van der Waals surface area contributed by atoms with Gasteiger partial charge in [-0.25, -0.2) is 0 Å². The van der Waals surface area contributed by atoms with Gasteiger partial charge in [-0.05, 0) is 61.1 Å². The number of nitrogens with zero attached hydrogens (tertiary/aromatic N) is 1. The van der Waals surface area contributed by atoms with E-state index in [1.165, 1.54) is 0 Å². The van der Waals surface area contributed by atoms with Gasteiger partial charge >= 0.3 is 11.8 Å². The summed E-state index contributed by atoms with van der Waals surface area (Å²) in [4.78, 5) is 38.9. The van der Waals surface area contributed by atoms with Crippen molar-refractivity contribution in [3.05, 3.63) is 53.6 Å². The lowest BCUT2D eigenvalue weighted by Gasteiger charge is -2.30. The zero-order valence-electron chi connectivity index (χ0n) is 16.9. The van der Waals surface area contributed by atoms with Gasteiger partial charge in [0.2, 0.25) is 5.91 Å². The summed E-state index contributed by atoms with van der Waals surface area (Å²) in [6.07, 6.45) is 3.75. The Morgan fingerprint density at radius 2 is 1.83 bits per heavy atom. The number of carbonyl (C=O) groups excluding carboxylic acids is 3. The van der Waals surface area contributed by atoms with E-state index in [0.29, 0.717) is 12.2 Å². The van der Waals surface area contributed by atoms with E-state index >= 15 is 0 Å². The Morgan fingerprint density at radius 1 is 1.07 bits per heavy atom. The fraction of sp³-hybridized carbons (Fsp3) is 0.348. The van der Waals surface area contributed by atoms with Crippen LogP contribution in [0.25, 0.3) is 0 Å². The van der Waals surface area contributed by atoms with Gasteiger partial charge in [0.15, 0.2) is 0 Å². The van der Waals surface area contributed by atoms with Crippen molar-refractivity contribution in [3.63, 3.8) is 0 Å². The largest absolute Gasteiger partial charge is 0.497 e. The molecule has 4 rings (SSSR count). The molecule has 0 atom stereocenters. The Kier molecular flexibility index (Phi) is 5.70. The first-order chi connectivity index (χ1) is 14.5. The fourth-order valence-electron chi connectivity index (χ4n) is 3.63. The second kappa shape index (κ2) is 8.57. The van der Waals surface area contributed by atoms with E-state index in [4.69, 9.17) is 4.74 Å². The number of anilines is 2. The molecule has 1 heterocycles. The van der Waals surface area contributed by atoms with Crippen LogP contribution in [-0.4, -0.2) is 31.4 Å². The zero-order valence-corrected chi connectivity index (χ0v) is 16.9. The van der Waals surface area contributed by atoms with Crippen molar-refractivity contribution in [2.75, 3.05) is 23.9 Å². The third kappa shape index (κ3) is 4.45. The molecule has 7 heteroatoms. The minimum Gasteiger partial charge on any atom is -0.497 e. The molecule has 2 aromatic carbocycles. The number of hydrogen-bond acceptors (Lipinski definition) is 4. The minimum absolute atomic E-state index is 0.137. The lowest BCUT2D eigenvalue weighted by molar-refractivity contribution is -0.136. The SMILES string of the molecule is COc1ccc(CNC(=O)C(=O)Nc2ccc3c(c2)N(C(=O)C2CC2)CCC3)cc1. The maximum Gasteiger partial charge on any atom is 0.313 e. The van der Waals surface area contributed by atoms with E-state index in [2.05, 4.69) is 10.6 Å². The van der Waals surface area contributed by atoms with Gasteiger partial charge in [0, 0.05) is 30.4 Å². The molecule has 2 aromatic rings. The third-order valence-electron chi connectivity index (χ3n) is 5.47. The summed E-state index contributed by atoms with van der Waals surface area (Å²) in [5.74, 6) is -0.423. The molecule has 156 valence electrons. The van der Waals surface area contributed by atoms with Crippen LogP contribution < -0.4 is 20.3 Å². The summed E-state index contributed by atoms with van der Waals surface area (Å²) in [7, 11) is 1.59. The molecule has 1 saturated carbocycles. The predicted octanol–water partition coefficient (Wildman–Crippen LogP) is 2.64. The smallest absolute Gasteiger partial charge is 0.313 e. The highest BCUT2D eigenvalue weighted by molar-refractivity contribution is 6.39. The summed E-state index contributed by atoms with van der Waals surface area (Å²) in [6, 6.07) is 12.7. The number of methoxy groups -OCH3 is 1. The lowest BCUT2D eigenvalue weighted by Crippen LogP contribution is -2.37. The molecule has 30 heavy (non-hydrogen) atoms. The molecule has 2 aliphatic rings. The molecule has 0 saturated heterocycles. The Balaban J connectivity index is 1.38. The van der Waals surface area contributed by atoms with Gasteiger partial charge < -0.3 is 20.3 Å². The van der Waals surface area contributed by atoms with Gasteiger partial charge in [-0.15, -0.1) is 0 Å². The summed E-state index contributed by atoms with van der Waals surface area (Å²) in [6.45, 7) is 0.937. The molecule has 0 radical (unpaired) electrons. The first-order valence-electron chi connectivity index (χ1n) is 10.2. The molecule has 0 aromatic heterocycles. The van der Waals surface area contributed by atoms with Crippen molar-refractivity contribution >= 4 is 29.1 Å². The summed E-state index contributed by atoms with van der Waals surface area (Å²) in [5.41, 5.74) is 3.31. The molecule has 1 fully saturated rings. The normalized spacial score (nSPS) is 15.2. The van der Waals surface area contributed by atoms with Crippen molar-refractivity contribution in [3.8, 4) is 5.75 Å². The molecule has 1 aliphatic carbocycles. The standard InChI is InChI=1S/C23H25N3O4/c1-30-19-10-4-15(5-11-19)14-24-21(27)22(28)25-18-9-8-16-3-2-12-26(20(16)13-18)23(29)17-6-7-17/h4-5,8-11,13,17H,2-3,6-7,12,14H2,1H3,(H,24,27)(H,25,28). The molecule has 7 nitrogen and oxygen atoms in total. The highest BCUT2D eigenvalue weighted by Crippen LogP contribution is 2.36. The van der Waals surface area contributed by atoms with Gasteiger partial charge in [-0.3, -0.25) is 14.4 Å². The van der Waals surface area contributed by atoms with Crippen LogP contribution >= 0.6 is 0 Å². The number of ether oxygens (including phenoxy) is 1. The average molecular weight is 407 g/mol. The fourth-order valence-corrected chi connectivity index (χ4v) is 3.63. The predicted molar refractivity (Wildman–Crippen MR) is 113 cm³/mol. The number of benzene rings is 2. The number of amides is 3. The Hall–Kier alpha value is -3.35. The maximum atomic E-state index is 12.6. The van der Waals surface area contributed by atoms with Crippen LogP contribution in [-0.2, 0) is 27.3 Å². The number of fused-ring (bicyclic) bond motifs is 1.